The quantitative estimate of drug-likeness (QED) is 0.633. The maximum absolute atomic E-state index is 11.4. The molecule has 2 rings (SSSR count). The number of rotatable bonds is 6. The number of aliphatic carboxylic acids is 1. The van der Waals surface area contributed by atoms with Crippen molar-refractivity contribution in [2.24, 2.45) is 0 Å². The summed E-state index contributed by atoms with van der Waals surface area (Å²) >= 11 is 0. The first-order valence-electron chi connectivity index (χ1n) is 7.01. The van der Waals surface area contributed by atoms with Gasteiger partial charge in [-0.2, -0.15) is 0 Å². The standard InChI is InChI=1S/C18H19NO3/c1-22-17-10-5-14(6-11-17)12-15(18(20)21)7-2-13-3-8-16(19)9-4-13/h3-6,8-12H,2,7,19H2,1H3,(H,20,21). The van der Waals surface area contributed by atoms with Gasteiger partial charge in [-0.1, -0.05) is 24.3 Å². The van der Waals surface area contributed by atoms with E-state index in [4.69, 9.17) is 10.5 Å². The molecule has 114 valence electrons. The first-order chi connectivity index (χ1) is 10.6. The van der Waals surface area contributed by atoms with E-state index in [1.165, 1.54) is 0 Å². The third-order valence-corrected chi connectivity index (χ3v) is 3.39. The maximum Gasteiger partial charge on any atom is 0.331 e. The minimum atomic E-state index is -0.897. The number of anilines is 1. The Bertz CT molecular complexity index is 658. The molecule has 0 aliphatic carbocycles. The largest absolute Gasteiger partial charge is 0.497 e. The van der Waals surface area contributed by atoms with Crippen molar-refractivity contribution in [1.29, 1.82) is 0 Å². The molecule has 4 heteroatoms. The van der Waals surface area contributed by atoms with E-state index in [2.05, 4.69) is 0 Å². The predicted molar refractivity (Wildman–Crippen MR) is 87.8 cm³/mol. The van der Waals surface area contributed by atoms with Gasteiger partial charge in [0.2, 0.25) is 0 Å². The number of methoxy groups -OCH3 is 1. The predicted octanol–water partition coefficient (Wildman–Crippen LogP) is 3.38. The van der Waals surface area contributed by atoms with Crippen LogP contribution in [0.25, 0.3) is 6.08 Å². The van der Waals surface area contributed by atoms with Gasteiger partial charge in [0.05, 0.1) is 7.11 Å². The highest BCUT2D eigenvalue weighted by atomic mass is 16.5. The van der Waals surface area contributed by atoms with Crippen LogP contribution in [0.3, 0.4) is 0 Å². The third-order valence-electron chi connectivity index (χ3n) is 3.39. The summed E-state index contributed by atoms with van der Waals surface area (Å²) in [6.45, 7) is 0. The van der Waals surface area contributed by atoms with E-state index in [9.17, 15) is 9.90 Å². The van der Waals surface area contributed by atoms with Crippen LogP contribution >= 0.6 is 0 Å². The van der Waals surface area contributed by atoms with Gasteiger partial charge in [0.1, 0.15) is 5.75 Å². The highest BCUT2D eigenvalue weighted by Crippen LogP contribution is 2.17. The molecule has 4 nitrogen and oxygen atoms in total. The molecule has 0 radical (unpaired) electrons. The second-order valence-corrected chi connectivity index (χ2v) is 4.99. The molecular weight excluding hydrogens is 278 g/mol. The monoisotopic (exact) mass is 297 g/mol. The first kappa shape index (κ1) is 15.6. The van der Waals surface area contributed by atoms with Gasteiger partial charge in [-0.15, -0.1) is 0 Å². The van der Waals surface area contributed by atoms with E-state index in [0.29, 0.717) is 24.1 Å². The summed E-state index contributed by atoms with van der Waals surface area (Å²) in [7, 11) is 1.60. The van der Waals surface area contributed by atoms with Gasteiger partial charge >= 0.3 is 5.97 Å². The second-order valence-electron chi connectivity index (χ2n) is 4.99. The lowest BCUT2D eigenvalue weighted by molar-refractivity contribution is -0.132. The van der Waals surface area contributed by atoms with Crippen LogP contribution < -0.4 is 10.5 Å². The minimum Gasteiger partial charge on any atom is -0.497 e. The van der Waals surface area contributed by atoms with Crippen molar-refractivity contribution in [1.82, 2.24) is 0 Å². The number of nitrogens with two attached hydrogens (primary N) is 1. The van der Waals surface area contributed by atoms with E-state index in [-0.39, 0.29) is 0 Å². The molecule has 0 heterocycles. The number of carboxylic acids is 1. The Morgan fingerprint density at radius 3 is 2.32 bits per heavy atom. The fourth-order valence-corrected chi connectivity index (χ4v) is 2.11. The first-order valence-corrected chi connectivity index (χ1v) is 7.01. The Morgan fingerprint density at radius 2 is 1.77 bits per heavy atom. The fourth-order valence-electron chi connectivity index (χ4n) is 2.11. The van der Waals surface area contributed by atoms with Crippen LogP contribution in [0.15, 0.2) is 54.1 Å². The highest BCUT2D eigenvalue weighted by molar-refractivity contribution is 5.92. The normalized spacial score (nSPS) is 11.2. The van der Waals surface area contributed by atoms with Crippen LogP contribution in [0, 0.1) is 0 Å². The van der Waals surface area contributed by atoms with Gasteiger partial charge in [0.15, 0.2) is 0 Å². The molecule has 22 heavy (non-hydrogen) atoms. The topological polar surface area (TPSA) is 72.5 Å². The van der Waals surface area contributed by atoms with E-state index >= 15 is 0 Å². The van der Waals surface area contributed by atoms with Gasteiger partial charge in [-0.3, -0.25) is 0 Å². The van der Waals surface area contributed by atoms with Crippen molar-refractivity contribution in [2.75, 3.05) is 12.8 Å². The molecule has 0 aromatic heterocycles. The number of hydrogen-bond acceptors (Lipinski definition) is 3. The molecule has 3 N–H and O–H groups in total. The molecule has 0 fully saturated rings. The van der Waals surface area contributed by atoms with Crippen LogP contribution in [-0.4, -0.2) is 18.2 Å². The number of hydrogen-bond donors (Lipinski definition) is 2. The van der Waals surface area contributed by atoms with Crippen molar-refractivity contribution in [2.45, 2.75) is 12.8 Å². The van der Waals surface area contributed by atoms with Gasteiger partial charge in [-0.05, 0) is 54.3 Å². The molecule has 2 aromatic rings. The van der Waals surface area contributed by atoms with Crippen molar-refractivity contribution in [3.63, 3.8) is 0 Å². The molecular formula is C18H19NO3. The van der Waals surface area contributed by atoms with Crippen LogP contribution in [0.1, 0.15) is 17.5 Å². The maximum atomic E-state index is 11.4. The van der Waals surface area contributed by atoms with Crippen LogP contribution in [0.2, 0.25) is 0 Å². The van der Waals surface area contributed by atoms with E-state index in [1.807, 2.05) is 48.5 Å². The number of carbonyl (C=O) groups is 1. The summed E-state index contributed by atoms with van der Waals surface area (Å²) in [5.41, 5.74) is 8.63. The molecule has 2 aromatic carbocycles. The Morgan fingerprint density at radius 1 is 1.14 bits per heavy atom. The van der Waals surface area contributed by atoms with Crippen LogP contribution in [0.5, 0.6) is 5.75 Å². The number of ether oxygens (including phenoxy) is 1. The van der Waals surface area contributed by atoms with Crippen LogP contribution in [0.4, 0.5) is 5.69 Å². The summed E-state index contributed by atoms with van der Waals surface area (Å²) in [5, 5.41) is 9.34. The summed E-state index contributed by atoms with van der Waals surface area (Å²) in [6.07, 6.45) is 2.82. The number of nitrogen functional groups attached to an aromatic ring is 1. The van der Waals surface area contributed by atoms with Crippen molar-refractivity contribution < 1.29 is 14.6 Å². The van der Waals surface area contributed by atoms with Crippen molar-refractivity contribution in [3.05, 3.63) is 65.2 Å². The second kappa shape index (κ2) is 7.31. The Labute approximate surface area is 129 Å². The lowest BCUT2D eigenvalue weighted by Gasteiger charge is -2.05. The third kappa shape index (κ3) is 4.38. The number of carboxylic acid groups (broad SMARTS) is 1. The molecule has 0 aliphatic rings. The van der Waals surface area contributed by atoms with Gasteiger partial charge in [-0.25, -0.2) is 4.79 Å². The molecule has 0 atom stereocenters. The fraction of sp³-hybridized carbons (Fsp3) is 0.167. The Hall–Kier alpha value is -2.75. The summed E-state index contributed by atoms with van der Waals surface area (Å²) < 4.78 is 5.09. The smallest absolute Gasteiger partial charge is 0.331 e. The lowest BCUT2D eigenvalue weighted by Crippen LogP contribution is -2.02. The molecule has 0 spiro atoms. The molecule has 0 amide bonds. The molecule has 0 aliphatic heterocycles. The van der Waals surface area contributed by atoms with Crippen molar-refractivity contribution in [3.8, 4) is 5.75 Å². The van der Waals surface area contributed by atoms with E-state index < -0.39 is 5.97 Å². The average molecular weight is 297 g/mol. The number of aryl methyl sites for hydroxylation is 1. The van der Waals surface area contributed by atoms with Crippen LogP contribution in [-0.2, 0) is 11.2 Å². The van der Waals surface area contributed by atoms with E-state index in [0.717, 1.165) is 16.9 Å². The minimum absolute atomic E-state index is 0.377. The Kier molecular flexibility index (Phi) is 5.20. The Balaban J connectivity index is 2.09. The zero-order chi connectivity index (χ0) is 15.9. The number of benzene rings is 2. The van der Waals surface area contributed by atoms with Gasteiger partial charge in [0.25, 0.3) is 0 Å². The van der Waals surface area contributed by atoms with Gasteiger partial charge < -0.3 is 15.6 Å². The molecule has 0 bridgehead atoms. The SMILES string of the molecule is COc1ccc(C=C(CCc2ccc(N)cc2)C(=O)O)cc1. The molecule has 0 unspecified atom stereocenters. The summed E-state index contributed by atoms with van der Waals surface area (Å²) in [5.74, 6) is -0.151. The lowest BCUT2D eigenvalue weighted by atomic mass is 10.0. The van der Waals surface area contributed by atoms with Gasteiger partial charge in [0, 0.05) is 11.3 Å². The summed E-state index contributed by atoms with van der Waals surface area (Å²) in [6, 6.07) is 14.8. The average Bonchev–Trinajstić information content (AvgIpc) is 2.53. The zero-order valence-corrected chi connectivity index (χ0v) is 12.5. The molecule has 0 saturated heterocycles. The summed E-state index contributed by atoms with van der Waals surface area (Å²) in [4.78, 5) is 11.4. The zero-order valence-electron chi connectivity index (χ0n) is 12.5. The molecule has 0 saturated carbocycles. The van der Waals surface area contributed by atoms with E-state index in [1.54, 1.807) is 13.2 Å². The highest BCUT2D eigenvalue weighted by Gasteiger charge is 2.08. The van der Waals surface area contributed by atoms with Crippen molar-refractivity contribution >= 4 is 17.7 Å².